The number of carbonyl (C=O) groups is 1. The van der Waals surface area contributed by atoms with E-state index in [1.165, 1.54) is 11.3 Å². The minimum absolute atomic E-state index is 0.0904. The van der Waals surface area contributed by atoms with Gasteiger partial charge < -0.3 is 15.4 Å². The fourth-order valence-electron chi connectivity index (χ4n) is 1.66. The molecule has 1 aromatic carbocycles. The van der Waals surface area contributed by atoms with Gasteiger partial charge in [0, 0.05) is 13.7 Å². The third-order valence-electron chi connectivity index (χ3n) is 2.71. The Bertz CT molecular complexity index is 602. The van der Waals surface area contributed by atoms with Crippen molar-refractivity contribution in [2.75, 3.05) is 25.6 Å². The molecular weight excluding hydrogens is 298 g/mol. The fourth-order valence-corrected chi connectivity index (χ4v) is 2.90. The Kier molecular flexibility index (Phi) is 5.17. The molecule has 1 heterocycles. The summed E-state index contributed by atoms with van der Waals surface area (Å²) in [6, 6.07) is 5.21. The van der Waals surface area contributed by atoms with Crippen molar-refractivity contribution in [1.29, 1.82) is 0 Å². The van der Waals surface area contributed by atoms with E-state index in [2.05, 4.69) is 15.6 Å². The van der Waals surface area contributed by atoms with E-state index < -0.39 is 0 Å². The molecule has 2 aromatic rings. The predicted molar refractivity (Wildman–Crippen MR) is 82.6 cm³/mol. The lowest BCUT2D eigenvalue weighted by Gasteiger charge is -2.12. The van der Waals surface area contributed by atoms with Gasteiger partial charge in [-0.2, -0.15) is 0 Å². The second-order valence-electron chi connectivity index (χ2n) is 4.26. The highest BCUT2D eigenvalue weighted by molar-refractivity contribution is 7.22. The molecule has 0 spiro atoms. The molecule has 7 heteroatoms. The number of fused-ring (bicyclic) bond motifs is 1. The molecule has 1 aromatic heterocycles. The number of aromatic nitrogens is 1. The molecule has 1 amide bonds. The Morgan fingerprint density at radius 3 is 3.05 bits per heavy atom. The van der Waals surface area contributed by atoms with Crippen molar-refractivity contribution >= 4 is 44.2 Å². The maximum atomic E-state index is 11.8. The van der Waals surface area contributed by atoms with Gasteiger partial charge in [0.15, 0.2) is 5.13 Å². The Hall–Kier alpha value is -1.37. The molecule has 0 radical (unpaired) electrons. The smallest absolute Gasteiger partial charge is 0.242 e. The van der Waals surface area contributed by atoms with Gasteiger partial charge in [-0.15, -0.1) is 0 Å². The molecule has 0 fully saturated rings. The first-order chi connectivity index (χ1) is 9.61. The average Bonchev–Trinajstić information content (AvgIpc) is 2.83. The maximum Gasteiger partial charge on any atom is 0.242 e. The number of anilines is 1. The van der Waals surface area contributed by atoms with Crippen LogP contribution in [-0.4, -0.2) is 37.2 Å². The number of benzene rings is 1. The van der Waals surface area contributed by atoms with E-state index in [0.29, 0.717) is 23.3 Å². The molecule has 1 atom stereocenters. The summed E-state index contributed by atoms with van der Waals surface area (Å²) in [5, 5.41) is 7.21. The third kappa shape index (κ3) is 3.59. The average molecular weight is 314 g/mol. The number of hydrogen-bond acceptors (Lipinski definition) is 5. The van der Waals surface area contributed by atoms with Crippen LogP contribution >= 0.6 is 22.9 Å². The first-order valence-electron chi connectivity index (χ1n) is 6.20. The summed E-state index contributed by atoms with van der Waals surface area (Å²) in [6.07, 6.45) is 0. The van der Waals surface area contributed by atoms with Crippen molar-refractivity contribution in [2.45, 2.75) is 13.0 Å². The minimum Gasteiger partial charge on any atom is -0.383 e. The lowest BCUT2D eigenvalue weighted by molar-refractivity contribution is -0.121. The van der Waals surface area contributed by atoms with Crippen LogP contribution in [0.25, 0.3) is 10.2 Å². The van der Waals surface area contributed by atoms with E-state index in [1.807, 2.05) is 18.2 Å². The van der Waals surface area contributed by atoms with Crippen LogP contribution in [0.1, 0.15) is 6.92 Å². The van der Waals surface area contributed by atoms with Gasteiger partial charge in [0.1, 0.15) is 6.04 Å². The zero-order valence-electron chi connectivity index (χ0n) is 11.3. The van der Waals surface area contributed by atoms with Crippen LogP contribution in [0.15, 0.2) is 18.2 Å². The lowest BCUT2D eigenvalue weighted by atomic mass is 10.3. The quantitative estimate of drug-likeness (QED) is 0.804. The molecule has 0 aliphatic rings. The molecule has 0 bridgehead atoms. The number of nitrogens with zero attached hydrogens (tertiary/aromatic N) is 1. The highest BCUT2D eigenvalue weighted by Crippen LogP contribution is 2.31. The standard InChI is InChI=1S/C13H16ClN3O2S/c1-8(12(18)15-6-7-19-2)16-13-17-10-5-3-4-9(14)11(10)20-13/h3-5,8H,6-7H2,1-2H3,(H,15,18)(H,16,17). The largest absolute Gasteiger partial charge is 0.383 e. The third-order valence-corrected chi connectivity index (χ3v) is 4.17. The number of nitrogens with one attached hydrogen (secondary N) is 2. The zero-order valence-corrected chi connectivity index (χ0v) is 12.8. The number of carbonyl (C=O) groups excluding carboxylic acids is 1. The maximum absolute atomic E-state index is 11.8. The molecule has 0 saturated carbocycles. The fraction of sp³-hybridized carbons (Fsp3) is 0.385. The summed E-state index contributed by atoms with van der Waals surface area (Å²) in [4.78, 5) is 16.2. The normalized spacial score (nSPS) is 12.3. The first kappa shape index (κ1) is 15.0. The number of rotatable bonds is 6. The number of methoxy groups -OCH3 is 1. The van der Waals surface area contributed by atoms with Crippen LogP contribution in [0.3, 0.4) is 0 Å². The van der Waals surface area contributed by atoms with Gasteiger partial charge in [0.05, 0.1) is 21.8 Å². The highest BCUT2D eigenvalue weighted by Gasteiger charge is 2.14. The lowest BCUT2D eigenvalue weighted by Crippen LogP contribution is -2.38. The molecule has 5 nitrogen and oxygen atoms in total. The molecule has 2 rings (SSSR count). The van der Waals surface area contributed by atoms with Gasteiger partial charge in [-0.3, -0.25) is 4.79 Å². The Morgan fingerprint density at radius 1 is 1.55 bits per heavy atom. The number of ether oxygens (including phenoxy) is 1. The predicted octanol–water partition coefficient (Wildman–Crippen LogP) is 2.51. The van der Waals surface area contributed by atoms with Gasteiger partial charge >= 0.3 is 0 Å². The van der Waals surface area contributed by atoms with Gasteiger partial charge in [-0.25, -0.2) is 4.98 Å². The van der Waals surface area contributed by atoms with Crippen LogP contribution in [0, 0.1) is 0 Å². The molecule has 0 aliphatic heterocycles. The van der Waals surface area contributed by atoms with Gasteiger partial charge in [-0.05, 0) is 19.1 Å². The number of halogens is 1. The highest BCUT2D eigenvalue weighted by atomic mass is 35.5. The Morgan fingerprint density at radius 2 is 2.35 bits per heavy atom. The van der Waals surface area contributed by atoms with E-state index in [4.69, 9.17) is 16.3 Å². The molecule has 2 N–H and O–H groups in total. The Balaban J connectivity index is 2.00. The second-order valence-corrected chi connectivity index (χ2v) is 5.66. The van der Waals surface area contributed by atoms with Crippen molar-refractivity contribution in [3.8, 4) is 0 Å². The van der Waals surface area contributed by atoms with Gasteiger partial charge in [0.2, 0.25) is 5.91 Å². The van der Waals surface area contributed by atoms with E-state index in [1.54, 1.807) is 14.0 Å². The van der Waals surface area contributed by atoms with Crippen molar-refractivity contribution < 1.29 is 9.53 Å². The van der Waals surface area contributed by atoms with Crippen molar-refractivity contribution in [2.24, 2.45) is 0 Å². The number of amides is 1. The summed E-state index contributed by atoms with van der Waals surface area (Å²) in [5.41, 5.74) is 0.831. The zero-order chi connectivity index (χ0) is 14.5. The van der Waals surface area contributed by atoms with Crippen LogP contribution in [0.5, 0.6) is 0 Å². The topological polar surface area (TPSA) is 63.2 Å². The molecule has 20 heavy (non-hydrogen) atoms. The van der Waals surface area contributed by atoms with Crippen molar-refractivity contribution in [1.82, 2.24) is 10.3 Å². The van der Waals surface area contributed by atoms with Crippen LogP contribution < -0.4 is 10.6 Å². The molecular formula is C13H16ClN3O2S. The first-order valence-corrected chi connectivity index (χ1v) is 7.39. The van der Waals surface area contributed by atoms with Crippen LogP contribution in [-0.2, 0) is 9.53 Å². The van der Waals surface area contributed by atoms with Gasteiger partial charge in [0.25, 0.3) is 0 Å². The molecule has 1 unspecified atom stereocenters. The van der Waals surface area contributed by atoms with E-state index in [-0.39, 0.29) is 11.9 Å². The molecule has 108 valence electrons. The SMILES string of the molecule is COCCNC(=O)C(C)Nc1nc2cccc(Cl)c2s1. The monoisotopic (exact) mass is 313 g/mol. The molecule has 0 aliphatic carbocycles. The second kappa shape index (κ2) is 6.88. The number of hydrogen-bond donors (Lipinski definition) is 2. The minimum atomic E-state index is -0.369. The van der Waals surface area contributed by atoms with Crippen molar-refractivity contribution in [3.63, 3.8) is 0 Å². The summed E-state index contributed by atoms with van der Waals surface area (Å²) in [6.45, 7) is 2.78. The summed E-state index contributed by atoms with van der Waals surface area (Å²) < 4.78 is 5.80. The number of thiazole rings is 1. The van der Waals surface area contributed by atoms with Crippen LogP contribution in [0.4, 0.5) is 5.13 Å². The van der Waals surface area contributed by atoms with Gasteiger partial charge in [-0.1, -0.05) is 29.0 Å². The Labute approximate surface area is 126 Å². The summed E-state index contributed by atoms with van der Waals surface area (Å²) >= 11 is 7.54. The summed E-state index contributed by atoms with van der Waals surface area (Å²) in [7, 11) is 1.60. The van der Waals surface area contributed by atoms with E-state index in [0.717, 1.165) is 10.2 Å². The molecule has 0 saturated heterocycles. The van der Waals surface area contributed by atoms with E-state index in [9.17, 15) is 4.79 Å². The van der Waals surface area contributed by atoms with E-state index >= 15 is 0 Å². The van der Waals surface area contributed by atoms with Crippen LogP contribution in [0.2, 0.25) is 5.02 Å². The summed E-state index contributed by atoms with van der Waals surface area (Å²) in [5.74, 6) is -0.0904. The van der Waals surface area contributed by atoms with Crippen molar-refractivity contribution in [3.05, 3.63) is 23.2 Å².